The maximum Gasteiger partial charge on any atom is 0.333 e. The van der Waals surface area contributed by atoms with E-state index in [9.17, 15) is 14.4 Å². The smallest absolute Gasteiger partial charge is 0.333 e. The van der Waals surface area contributed by atoms with Gasteiger partial charge in [0, 0.05) is 12.1 Å². The number of quaternary nitrogens is 1. The van der Waals surface area contributed by atoms with Crippen molar-refractivity contribution >= 4 is 23.7 Å². The van der Waals surface area contributed by atoms with E-state index in [4.69, 9.17) is 16.0 Å². The van der Waals surface area contributed by atoms with Crippen LogP contribution in [0.4, 0.5) is 0 Å². The number of nitrogens with one attached hydrogen (secondary N) is 2. The number of rotatable bonds is 10. The molecule has 3 atom stereocenters. The lowest BCUT2D eigenvalue weighted by atomic mass is 9.82. The van der Waals surface area contributed by atoms with E-state index in [0.717, 1.165) is 31.3 Å². The number of carbonyl (C=O) groups is 3. The zero-order valence-electron chi connectivity index (χ0n) is 20.0. The highest BCUT2D eigenvalue weighted by Gasteiger charge is 2.44. The minimum absolute atomic E-state index is 0.00648. The second-order valence-electron chi connectivity index (χ2n) is 9.17. The SMILES string of the molecule is CCOC(=O)CNC(C(=O)N1CCC1C(=O)[NH2+]CC1=CCC(C(=N)ON)C=C1)C1CCCCC1. The summed E-state index contributed by atoms with van der Waals surface area (Å²) in [5.41, 5.74) is 0.989. The van der Waals surface area contributed by atoms with E-state index < -0.39 is 12.1 Å². The Hall–Kier alpha value is -2.56. The van der Waals surface area contributed by atoms with Gasteiger partial charge < -0.3 is 14.5 Å². The Balaban J connectivity index is 1.54. The first-order valence-corrected chi connectivity index (χ1v) is 12.3. The molecule has 0 radical (unpaired) electrons. The maximum atomic E-state index is 13.4. The Morgan fingerprint density at radius 2 is 2.03 bits per heavy atom. The van der Waals surface area contributed by atoms with Gasteiger partial charge in [-0.15, -0.1) is 0 Å². The number of nitrogens with zero attached hydrogens (tertiary/aromatic N) is 1. The predicted octanol–water partition coefficient (Wildman–Crippen LogP) is 0.149. The molecule has 1 saturated carbocycles. The first-order chi connectivity index (χ1) is 16.4. The van der Waals surface area contributed by atoms with Gasteiger partial charge in [0.05, 0.1) is 25.1 Å². The fraction of sp³-hybridized carbons (Fsp3) is 0.667. The van der Waals surface area contributed by atoms with Crippen molar-refractivity contribution in [3.63, 3.8) is 0 Å². The summed E-state index contributed by atoms with van der Waals surface area (Å²) in [5.74, 6) is 4.54. The van der Waals surface area contributed by atoms with Gasteiger partial charge in [0.15, 0.2) is 0 Å². The van der Waals surface area contributed by atoms with Crippen molar-refractivity contribution < 1.29 is 29.3 Å². The molecule has 0 aromatic heterocycles. The summed E-state index contributed by atoms with van der Waals surface area (Å²) in [4.78, 5) is 44.3. The molecule has 2 fully saturated rings. The van der Waals surface area contributed by atoms with Crippen molar-refractivity contribution in [2.45, 2.75) is 64.0 Å². The molecule has 2 amide bonds. The van der Waals surface area contributed by atoms with Crippen LogP contribution in [0.2, 0.25) is 0 Å². The normalized spacial score (nSPS) is 23.5. The molecule has 0 bridgehead atoms. The largest absolute Gasteiger partial charge is 0.465 e. The van der Waals surface area contributed by atoms with Crippen LogP contribution >= 0.6 is 0 Å². The van der Waals surface area contributed by atoms with Gasteiger partial charge in [0.2, 0.25) is 11.8 Å². The van der Waals surface area contributed by atoms with Crippen LogP contribution in [0.3, 0.4) is 0 Å². The summed E-state index contributed by atoms with van der Waals surface area (Å²) in [6.45, 7) is 3.08. The third-order valence-corrected chi connectivity index (χ3v) is 6.97. The number of carbonyl (C=O) groups excluding carboxylic acids is 3. The molecular formula is C24H38N5O5+. The van der Waals surface area contributed by atoms with Crippen LogP contribution in [0.5, 0.6) is 0 Å². The number of esters is 1. The summed E-state index contributed by atoms with van der Waals surface area (Å²) in [6, 6.07) is -0.913. The molecule has 10 heteroatoms. The summed E-state index contributed by atoms with van der Waals surface area (Å²) < 4.78 is 5.01. The van der Waals surface area contributed by atoms with Crippen LogP contribution in [-0.2, 0) is 24.0 Å². The van der Waals surface area contributed by atoms with Gasteiger partial charge in [0.1, 0.15) is 12.6 Å². The highest BCUT2D eigenvalue weighted by atomic mass is 16.6. The first-order valence-electron chi connectivity index (χ1n) is 12.3. The van der Waals surface area contributed by atoms with E-state index in [1.165, 1.54) is 6.42 Å². The van der Waals surface area contributed by atoms with Crippen LogP contribution in [0, 0.1) is 17.2 Å². The van der Waals surface area contributed by atoms with Gasteiger partial charge in [-0.1, -0.05) is 37.5 Å². The minimum Gasteiger partial charge on any atom is -0.465 e. The molecule has 2 aliphatic carbocycles. The van der Waals surface area contributed by atoms with Gasteiger partial charge >= 0.3 is 11.9 Å². The number of hydrogen-bond acceptors (Lipinski definition) is 8. The molecule has 1 aliphatic heterocycles. The Morgan fingerprint density at radius 1 is 1.26 bits per heavy atom. The summed E-state index contributed by atoms with van der Waals surface area (Å²) in [5, 5.41) is 12.4. The van der Waals surface area contributed by atoms with Crippen LogP contribution < -0.4 is 16.5 Å². The second-order valence-corrected chi connectivity index (χ2v) is 9.17. The standard InChI is InChI=1S/C24H37N5O5/c1-2-33-20(30)15-27-21(17-6-4-3-5-7-17)24(32)29-13-12-19(29)23(31)28-14-16-8-10-18(11-9-16)22(25)34-26/h8-10,17-19,21,25,27H,2-7,11-15,26H2,1H3,(H,28,31)/p+1. The van der Waals surface area contributed by atoms with E-state index in [2.05, 4.69) is 10.2 Å². The number of hydrogen-bond donors (Lipinski definition) is 4. The predicted molar refractivity (Wildman–Crippen MR) is 125 cm³/mol. The summed E-state index contributed by atoms with van der Waals surface area (Å²) in [6.07, 6.45) is 12.2. The minimum atomic E-state index is -0.471. The molecule has 1 saturated heterocycles. The lowest BCUT2D eigenvalue weighted by molar-refractivity contribution is -0.563. The first kappa shape index (κ1) is 26.1. The third-order valence-electron chi connectivity index (χ3n) is 6.97. The number of likely N-dealkylation sites (tertiary alicyclic amines) is 1. The van der Waals surface area contributed by atoms with Crippen LogP contribution in [0.15, 0.2) is 23.8 Å². The Morgan fingerprint density at radius 3 is 2.62 bits per heavy atom. The molecule has 3 rings (SSSR count). The molecule has 0 spiro atoms. The monoisotopic (exact) mass is 476 g/mol. The zero-order chi connectivity index (χ0) is 24.5. The highest BCUT2D eigenvalue weighted by Crippen LogP contribution is 2.29. The molecule has 0 aromatic rings. The lowest BCUT2D eigenvalue weighted by Crippen LogP contribution is -2.92. The van der Waals surface area contributed by atoms with Gasteiger partial charge in [0.25, 0.3) is 0 Å². The highest BCUT2D eigenvalue weighted by molar-refractivity contribution is 5.89. The summed E-state index contributed by atoms with van der Waals surface area (Å²) >= 11 is 0. The fourth-order valence-electron chi connectivity index (χ4n) is 4.91. The molecule has 10 nitrogen and oxygen atoms in total. The Bertz CT molecular complexity index is 821. The molecule has 0 aromatic carbocycles. The zero-order valence-corrected chi connectivity index (χ0v) is 20.0. The van der Waals surface area contributed by atoms with E-state index in [1.807, 2.05) is 18.2 Å². The molecule has 188 valence electrons. The topological polar surface area (TPSA) is 151 Å². The lowest BCUT2D eigenvalue weighted by Gasteiger charge is -2.42. The van der Waals surface area contributed by atoms with Crippen molar-refractivity contribution in [1.82, 2.24) is 10.2 Å². The van der Waals surface area contributed by atoms with E-state index >= 15 is 0 Å². The fourth-order valence-corrected chi connectivity index (χ4v) is 4.91. The van der Waals surface area contributed by atoms with Gasteiger partial charge in [-0.2, -0.15) is 5.90 Å². The van der Waals surface area contributed by atoms with E-state index in [1.54, 1.807) is 17.1 Å². The van der Waals surface area contributed by atoms with Crippen molar-refractivity contribution in [2.75, 3.05) is 26.2 Å². The second kappa shape index (κ2) is 12.8. The molecule has 3 aliphatic rings. The number of ether oxygens (including phenoxy) is 1. The van der Waals surface area contributed by atoms with E-state index in [-0.39, 0.29) is 42.1 Å². The third kappa shape index (κ3) is 6.74. The molecule has 1 heterocycles. The Labute approximate surface area is 200 Å². The number of nitrogens with two attached hydrogens (primary N) is 2. The van der Waals surface area contributed by atoms with Crippen LogP contribution in [0.1, 0.15) is 51.9 Å². The quantitative estimate of drug-likeness (QED) is 0.152. The number of allylic oxidation sites excluding steroid dienone is 1. The summed E-state index contributed by atoms with van der Waals surface area (Å²) in [7, 11) is 0. The number of amides is 2. The average molecular weight is 477 g/mol. The van der Waals surface area contributed by atoms with Crippen LogP contribution in [0.25, 0.3) is 0 Å². The van der Waals surface area contributed by atoms with Crippen molar-refractivity contribution in [2.24, 2.45) is 17.7 Å². The van der Waals surface area contributed by atoms with Crippen molar-refractivity contribution in [3.05, 3.63) is 23.8 Å². The molecular weight excluding hydrogens is 438 g/mol. The average Bonchev–Trinajstić information content (AvgIpc) is 2.83. The number of primary amides is 1. The molecule has 6 N–H and O–H groups in total. The van der Waals surface area contributed by atoms with Crippen molar-refractivity contribution in [1.29, 1.82) is 5.41 Å². The van der Waals surface area contributed by atoms with Gasteiger partial charge in [-0.05, 0) is 38.5 Å². The van der Waals surface area contributed by atoms with E-state index in [0.29, 0.717) is 32.5 Å². The van der Waals surface area contributed by atoms with Gasteiger partial charge in [-0.3, -0.25) is 25.6 Å². The Kier molecular flexibility index (Phi) is 9.79. The van der Waals surface area contributed by atoms with Gasteiger partial charge in [-0.25, -0.2) is 4.79 Å². The molecule has 3 unspecified atom stereocenters. The van der Waals surface area contributed by atoms with Crippen LogP contribution in [-0.4, -0.2) is 66.9 Å². The molecule has 34 heavy (non-hydrogen) atoms. The van der Waals surface area contributed by atoms with Crippen molar-refractivity contribution in [3.8, 4) is 0 Å². The maximum absolute atomic E-state index is 13.4.